The van der Waals surface area contributed by atoms with E-state index in [2.05, 4.69) is 10.6 Å². The molecule has 0 fully saturated rings. The number of nitrogens with one attached hydrogen (secondary N) is 2. The number of rotatable bonds is 6. The van der Waals surface area contributed by atoms with Crippen molar-refractivity contribution in [2.24, 2.45) is 0 Å². The number of anilines is 1. The van der Waals surface area contributed by atoms with Gasteiger partial charge in [-0.3, -0.25) is 9.59 Å². The molecule has 0 saturated carbocycles. The van der Waals surface area contributed by atoms with E-state index in [-0.39, 0.29) is 11.6 Å². The lowest BCUT2D eigenvalue weighted by Crippen LogP contribution is -2.30. The minimum absolute atomic E-state index is 0.108. The van der Waals surface area contributed by atoms with Crippen LogP contribution in [0.5, 0.6) is 5.75 Å². The summed E-state index contributed by atoms with van der Waals surface area (Å²) in [5.41, 5.74) is 1.90. The standard InChI is InChI=1S/C27H22N2O3/c1-32-25-17-8-6-13-21(25)18-24(29-26(30)20-11-3-2-4-12-20)27(31)28-23-16-9-14-19-10-5-7-15-22(19)23/h2-18H,1H3,(H,28,31)(H,29,30). The fraction of sp³-hybridized carbons (Fsp3) is 0.0370. The molecule has 5 nitrogen and oxygen atoms in total. The number of hydrogen-bond acceptors (Lipinski definition) is 3. The number of methoxy groups -OCH3 is 1. The second kappa shape index (κ2) is 9.62. The Morgan fingerprint density at radius 3 is 2.28 bits per heavy atom. The molecule has 4 rings (SSSR count). The molecule has 0 aliphatic rings. The summed E-state index contributed by atoms with van der Waals surface area (Å²) in [5, 5.41) is 7.61. The lowest BCUT2D eigenvalue weighted by atomic mass is 10.1. The van der Waals surface area contributed by atoms with Gasteiger partial charge in [0, 0.05) is 22.2 Å². The summed E-state index contributed by atoms with van der Waals surface area (Å²) in [7, 11) is 1.56. The van der Waals surface area contributed by atoms with Crippen molar-refractivity contribution in [1.82, 2.24) is 5.32 Å². The van der Waals surface area contributed by atoms with Gasteiger partial charge in [-0.2, -0.15) is 0 Å². The van der Waals surface area contributed by atoms with E-state index < -0.39 is 5.91 Å². The smallest absolute Gasteiger partial charge is 0.272 e. The van der Waals surface area contributed by atoms with Crippen LogP contribution in [0.25, 0.3) is 16.8 Å². The van der Waals surface area contributed by atoms with Crippen molar-refractivity contribution in [1.29, 1.82) is 0 Å². The van der Waals surface area contributed by atoms with Gasteiger partial charge in [0.1, 0.15) is 11.4 Å². The molecule has 0 aromatic heterocycles. The molecule has 2 N–H and O–H groups in total. The molecule has 0 spiro atoms. The fourth-order valence-corrected chi connectivity index (χ4v) is 3.41. The molecule has 0 radical (unpaired) electrons. The first-order chi connectivity index (χ1) is 15.7. The maximum absolute atomic E-state index is 13.3. The Hall–Kier alpha value is -4.38. The molecule has 5 heteroatoms. The minimum Gasteiger partial charge on any atom is -0.496 e. The molecule has 4 aromatic carbocycles. The molecular formula is C27H22N2O3. The Morgan fingerprint density at radius 2 is 1.47 bits per heavy atom. The summed E-state index contributed by atoms with van der Waals surface area (Å²) in [6.45, 7) is 0. The van der Waals surface area contributed by atoms with Crippen molar-refractivity contribution in [2.45, 2.75) is 0 Å². The Morgan fingerprint density at radius 1 is 0.781 bits per heavy atom. The normalized spacial score (nSPS) is 11.1. The van der Waals surface area contributed by atoms with Gasteiger partial charge in [-0.25, -0.2) is 0 Å². The Balaban J connectivity index is 1.70. The van der Waals surface area contributed by atoms with E-state index in [0.717, 1.165) is 10.8 Å². The van der Waals surface area contributed by atoms with Crippen LogP contribution >= 0.6 is 0 Å². The van der Waals surface area contributed by atoms with Gasteiger partial charge >= 0.3 is 0 Å². The van der Waals surface area contributed by atoms with Crippen molar-refractivity contribution in [3.05, 3.63) is 114 Å². The number of para-hydroxylation sites is 1. The SMILES string of the molecule is COc1ccccc1C=C(NC(=O)c1ccccc1)C(=O)Nc1cccc2ccccc12. The summed E-state index contributed by atoms with van der Waals surface area (Å²) in [5.74, 6) is -0.215. The van der Waals surface area contributed by atoms with Gasteiger partial charge in [0.05, 0.1) is 7.11 Å². The van der Waals surface area contributed by atoms with E-state index in [1.165, 1.54) is 0 Å². The number of amides is 2. The summed E-state index contributed by atoms with van der Waals surface area (Å²) in [4.78, 5) is 26.1. The topological polar surface area (TPSA) is 67.4 Å². The predicted octanol–water partition coefficient (Wildman–Crippen LogP) is 5.26. The summed E-state index contributed by atoms with van der Waals surface area (Å²) < 4.78 is 5.40. The number of carbonyl (C=O) groups is 2. The summed E-state index contributed by atoms with van der Waals surface area (Å²) in [6.07, 6.45) is 1.61. The van der Waals surface area contributed by atoms with Crippen molar-refractivity contribution in [3.8, 4) is 5.75 Å². The first kappa shape index (κ1) is 20.9. The van der Waals surface area contributed by atoms with Crippen molar-refractivity contribution in [3.63, 3.8) is 0 Å². The van der Waals surface area contributed by atoms with E-state index in [4.69, 9.17) is 4.74 Å². The molecule has 0 atom stereocenters. The van der Waals surface area contributed by atoms with E-state index in [0.29, 0.717) is 22.6 Å². The van der Waals surface area contributed by atoms with Crippen LogP contribution in [0, 0.1) is 0 Å². The number of hydrogen-bond donors (Lipinski definition) is 2. The molecule has 0 saturated heterocycles. The highest BCUT2D eigenvalue weighted by Gasteiger charge is 2.16. The third-order valence-electron chi connectivity index (χ3n) is 5.01. The van der Waals surface area contributed by atoms with Crippen molar-refractivity contribution >= 4 is 34.4 Å². The Labute approximate surface area is 186 Å². The van der Waals surface area contributed by atoms with Crippen LogP contribution in [0.4, 0.5) is 5.69 Å². The van der Waals surface area contributed by atoms with Crippen LogP contribution in [0.2, 0.25) is 0 Å². The predicted molar refractivity (Wildman–Crippen MR) is 127 cm³/mol. The van der Waals surface area contributed by atoms with Gasteiger partial charge < -0.3 is 15.4 Å². The van der Waals surface area contributed by atoms with Crippen molar-refractivity contribution < 1.29 is 14.3 Å². The monoisotopic (exact) mass is 422 g/mol. The lowest BCUT2D eigenvalue weighted by molar-refractivity contribution is -0.113. The van der Waals surface area contributed by atoms with Gasteiger partial charge in [0.25, 0.3) is 11.8 Å². The number of carbonyl (C=O) groups excluding carboxylic acids is 2. The molecule has 2 amide bonds. The summed E-state index contributed by atoms with van der Waals surface area (Å²) >= 11 is 0. The van der Waals surface area contributed by atoms with Gasteiger partial charge in [-0.15, -0.1) is 0 Å². The van der Waals surface area contributed by atoms with Gasteiger partial charge in [-0.1, -0.05) is 72.8 Å². The second-order valence-electron chi connectivity index (χ2n) is 7.10. The third-order valence-corrected chi connectivity index (χ3v) is 5.01. The zero-order valence-corrected chi connectivity index (χ0v) is 17.5. The van der Waals surface area contributed by atoms with Crippen LogP contribution < -0.4 is 15.4 Å². The minimum atomic E-state index is -0.434. The van der Waals surface area contributed by atoms with Gasteiger partial charge in [-0.05, 0) is 35.7 Å². The number of benzene rings is 4. The lowest BCUT2D eigenvalue weighted by Gasteiger charge is -2.13. The fourth-order valence-electron chi connectivity index (χ4n) is 3.41. The van der Waals surface area contributed by atoms with Gasteiger partial charge in [0.2, 0.25) is 0 Å². The van der Waals surface area contributed by atoms with Crippen molar-refractivity contribution in [2.75, 3.05) is 12.4 Å². The molecule has 0 aliphatic heterocycles. The Bertz CT molecular complexity index is 1290. The second-order valence-corrected chi connectivity index (χ2v) is 7.10. The quantitative estimate of drug-likeness (QED) is 0.417. The number of ether oxygens (including phenoxy) is 1. The van der Waals surface area contributed by atoms with Crippen LogP contribution in [0.1, 0.15) is 15.9 Å². The van der Waals surface area contributed by atoms with E-state index in [1.54, 1.807) is 43.5 Å². The average Bonchev–Trinajstić information content (AvgIpc) is 2.84. The molecule has 4 aromatic rings. The van der Waals surface area contributed by atoms with E-state index in [9.17, 15) is 9.59 Å². The molecule has 0 bridgehead atoms. The summed E-state index contributed by atoms with van der Waals surface area (Å²) in [6, 6.07) is 29.5. The zero-order chi connectivity index (χ0) is 22.3. The zero-order valence-electron chi connectivity index (χ0n) is 17.5. The first-order valence-electron chi connectivity index (χ1n) is 10.2. The molecule has 0 heterocycles. The van der Waals surface area contributed by atoms with E-state index in [1.807, 2.05) is 66.7 Å². The van der Waals surface area contributed by atoms with Crippen LogP contribution in [-0.2, 0) is 4.79 Å². The molecule has 0 unspecified atom stereocenters. The number of fused-ring (bicyclic) bond motifs is 1. The largest absolute Gasteiger partial charge is 0.496 e. The maximum atomic E-state index is 13.3. The Kier molecular flexibility index (Phi) is 6.28. The average molecular weight is 422 g/mol. The first-order valence-corrected chi connectivity index (χ1v) is 10.2. The molecule has 0 aliphatic carbocycles. The highest BCUT2D eigenvalue weighted by Crippen LogP contribution is 2.24. The van der Waals surface area contributed by atoms with E-state index >= 15 is 0 Å². The molecule has 158 valence electrons. The highest BCUT2D eigenvalue weighted by atomic mass is 16.5. The molecule has 32 heavy (non-hydrogen) atoms. The van der Waals surface area contributed by atoms with Crippen LogP contribution in [0.15, 0.2) is 103 Å². The third kappa shape index (κ3) is 4.68. The van der Waals surface area contributed by atoms with Crippen LogP contribution in [-0.4, -0.2) is 18.9 Å². The van der Waals surface area contributed by atoms with Gasteiger partial charge in [0.15, 0.2) is 0 Å². The highest BCUT2D eigenvalue weighted by molar-refractivity contribution is 6.13. The molecular weight excluding hydrogens is 400 g/mol. The van der Waals surface area contributed by atoms with Crippen LogP contribution in [0.3, 0.4) is 0 Å². The maximum Gasteiger partial charge on any atom is 0.272 e.